The van der Waals surface area contributed by atoms with Gasteiger partial charge in [-0.15, -0.1) is 0 Å². The minimum Gasteiger partial charge on any atom is -0.206 e. The fourth-order valence-corrected chi connectivity index (χ4v) is 6.64. The summed E-state index contributed by atoms with van der Waals surface area (Å²) in [5.74, 6) is 0.588. The summed E-state index contributed by atoms with van der Waals surface area (Å²) in [6.07, 6.45) is 17.9. The van der Waals surface area contributed by atoms with E-state index in [0.29, 0.717) is 11.1 Å². The molecule has 5 rings (SSSR count). The van der Waals surface area contributed by atoms with Gasteiger partial charge in [0, 0.05) is 11.1 Å². The smallest absolute Gasteiger partial charge is 0.166 e. The van der Waals surface area contributed by atoms with Gasteiger partial charge in [-0.3, -0.25) is 0 Å². The summed E-state index contributed by atoms with van der Waals surface area (Å²) in [5.41, 5.74) is 4.56. The number of rotatable bonds is 7. The van der Waals surface area contributed by atoms with Gasteiger partial charge in [-0.05, 0) is 110 Å². The Labute approximate surface area is 231 Å². The second-order valence-electron chi connectivity index (χ2n) is 11.5. The highest BCUT2D eigenvalue weighted by molar-refractivity contribution is 5.74. The molecule has 0 amide bonds. The minimum atomic E-state index is -0.839. The van der Waals surface area contributed by atoms with Gasteiger partial charge in [0.15, 0.2) is 11.6 Å². The number of hydrogen-bond donors (Lipinski definition) is 0. The molecule has 0 aliphatic heterocycles. The molecule has 3 aromatic carbocycles. The summed E-state index contributed by atoms with van der Waals surface area (Å²) >= 11 is 0. The van der Waals surface area contributed by atoms with Crippen LogP contribution in [0, 0.1) is 42.1 Å². The lowest BCUT2D eigenvalue weighted by Gasteiger charge is -2.35. The second kappa shape index (κ2) is 12.4. The molecule has 0 saturated heterocycles. The average Bonchev–Trinajstić information content (AvgIpc) is 2.97. The third kappa shape index (κ3) is 6.24. The topological polar surface area (TPSA) is 0 Å². The Bertz CT molecular complexity index is 1340. The molecule has 0 spiro atoms. The maximum absolute atomic E-state index is 15.3. The van der Waals surface area contributed by atoms with E-state index in [4.69, 9.17) is 0 Å². The van der Waals surface area contributed by atoms with Crippen LogP contribution < -0.4 is 0 Å². The van der Waals surface area contributed by atoms with Gasteiger partial charge < -0.3 is 0 Å². The number of allylic oxidation sites excluding steroid dienone is 4. The first-order chi connectivity index (χ1) is 18.9. The van der Waals surface area contributed by atoms with E-state index in [1.807, 2.05) is 24.3 Å². The van der Waals surface area contributed by atoms with Gasteiger partial charge in [0.25, 0.3) is 0 Å². The lowest BCUT2D eigenvalue weighted by molar-refractivity contribution is 0.190. The molecule has 3 heteroatoms. The molecule has 0 aromatic heterocycles. The Balaban J connectivity index is 1.22. The fraction of sp³-hybridized carbons (Fsp3) is 0.389. The predicted molar refractivity (Wildman–Crippen MR) is 157 cm³/mol. The van der Waals surface area contributed by atoms with Crippen LogP contribution in [0.5, 0.6) is 0 Å². The molecule has 0 nitrogen and oxygen atoms in total. The van der Waals surface area contributed by atoms with Crippen LogP contribution >= 0.6 is 0 Å². The standard InChI is InChI=1S/C36H39F3/c1-3-4-5-6-25-8-10-26(11-9-25)27-12-16-29(17-13-27)32-22-20-31(23-34(32)37)28-14-18-30(19-15-28)33-21-7-24(2)35(38)36(33)39/h3-4,7,14-16,18-23,25-27H,5-6,8-13,17H2,1-2H3. The molecule has 1 unspecified atom stereocenters. The summed E-state index contributed by atoms with van der Waals surface area (Å²) in [5, 5.41) is 0. The van der Waals surface area contributed by atoms with Crippen LogP contribution in [0.15, 0.2) is 72.8 Å². The van der Waals surface area contributed by atoms with Crippen LogP contribution in [0.2, 0.25) is 0 Å². The number of benzene rings is 3. The summed E-state index contributed by atoms with van der Waals surface area (Å²) < 4.78 is 43.7. The maximum Gasteiger partial charge on any atom is 0.166 e. The molecule has 0 radical (unpaired) electrons. The van der Waals surface area contributed by atoms with Crippen molar-refractivity contribution < 1.29 is 13.2 Å². The zero-order valence-corrected chi connectivity index (χ0v) is 23.2. The van der Waals surface area contributed by atoms with Crippen LogP contribution in [0.1, 0.15) is 75.8 Å². The molecule has 3 aromatic rings. The summed E-state index contributed by atoms with van der Waals surface area (Å²) in [6, 6.07) is 15.8. The number of aryl methyl sites for hydroxylation is 1. The van der Waals surface area contributed by atoms with Gasteiger partial charge in [-0.25, -0.2) is 13.2 Å². The normalized spacial score (nSPS) is 21.8. The SMILES string of the molecule is CC=CCCC1CCC(C2CC=C(c3ccc(-c4ccc(-c5ccc(C)c(F)c5F)cc4)cc3F)CC2)CC1. The van der Waals surface area contributed by atoms with Crippen LogP contribution in [0.3, 0.4) is 0 Å². The highest BCUT2D eigenvalue weighted by Gasteiger charge is 2.29. The Kier molecular flexibility index (Phi) is 8.75. The lowest BCUT2D eigenvalue weighted by Crippen LogP contribution is -2.23. The molecule has 204 valence electrons. The fourth-order valence-electron chi connectivity index (χ4n) is 6.64. The summed E-state index contributed by atoms with van der Waals surface area (Å²) in [4.78, 5) is 0. The van der Waals surface area contributed by atoms with Crippen molar-refractivity contribution in [1.82, 2.24) is 0 Å². The van der Waals surface area contributed by atoms with Gasteiger partial charge in [0.05, 0.1) is 0 Å². The molecule has 0 bridgehead atoms. The second-order valence-corrected chi connectivity index (χ2v) is 11.5. The quantitative estimate of drug-likeness (QED) is 0.268. The van der Waals surface area contributed by atoms with Crippen LogP contribution in [-0.4, -0.2) is 0 Å². The van der Waals surface area contributed by atoms with Crippen molar-refractivity contribution in [2.45, 2.75) is 71.6 Å². The van der Waals surface area contributed by atoms with Crippen molar-refractivity contribution in [3.8, 4) is 22.3 Å². The van der Waals surface area contributed by atoms with Crippen molar-refractivity contribution in [3.05, 3.63) is 101 Å². The van der Waals surface area contributed by atoms with Gasteiger partial charge in [-0.2, -0.15) is 0 Å². The minimum absolute atomic E-state index is 0.199. The van der Waals surface area contributed by atoms with Crippen LogP contribution in [-0.2, 0) is 0 Å². The first-order valence-corrected chi connectivity index (χ1v) is 14.6. The Morgan fingerprint density at radius 2 is 1.44 bits per heavy atom. The third-order valence-electron chi connectivity index (χ3n) is 9.11. The molecule has 0 heterocycles. The van der Waals surface area contributed by atoms with Crippen molar-refractivity contribution in [3.63, 3.8) is 0 Å². The zero-order valence-electron chi connectivity index (χ0n) is 23.2. The van der Waals surface area contributed by atoms with Crippen molar-refractivity contribution >= 4 is 5.57 Å². The van der Waals surface area contributed by atoms with Crippen molar-refractivity contribution in [2.24, 2.45) is 17.8 Å². The number of hydrogen-bond acceptors (Lipinski definition) is 0. The van der Waals surface area contributed by atoms with Gasteiger partial charge >= 0.3 is 0 Å². The van der Waals surface area contributed by atoms with Crippen LogP contribution in [0.25, 0.3) is 27.8 Å². The van der Waals surface area contributed by atoms with E-state index >= 15 is 4.39 Å². The largest absolute Gasteiger partial charge is 0.206 e. The molecule has 39 heavy (non-hydrogen) atoms. The average molecular weight is 529 g/mol. The summed E-state index contributed by atoms with van der Waals surface area (Å²) in [6.45, 7) is 3.65. The molecule has 1 fully saturated rings. The Hall–Kier alpha value is -3.07. The predicted octanol–water partition coefficient (Wildman–Crippen LogP) is 11.1. The van der Waals surface area contributed by atoms with E-state index < -0.39 is 11.6 Å². The van der Waals surface area contributed by atoms with E-state index in [1.165, 1.54) is 38.5 Å². The third-order valence-corrected chi connectivity index (χ3v) is 9.11. The summed E-state index contributed by atoms with van der Waals surface area (Å²) in [7, 11) is 0. The van der Waals surface area contributed by atoms with Crippen LogP contribution in [0.4, 0.5) is 13.2 Å². The van der Waals surface area contributed by atoms with Crippen molar-refractivity contribution in [1.29, 1.82) is 0 Å². The van der Waals surface area contributed by atoms with E-state index in [2.05, 4.69) is 25.2 Å². The van der Waals surface area contributed by atoms with E-state index in [9.17, 15) is 8.78 Å². The van der Waals surface area contributed by atoms with Gasteiger partial charge in [-0.1, -0.05) is 79.6 Å². The van der Waals surface area contributed by atoms with Gasteiger partial charge in [0.1, 0.15) is 5.82 Å². The molecule has 2 aliphatic rings. The highest BCUT2D eigenvalue weighted by Crippen LogP contribution is 2.42. The monoisotopic (exact) mass is 528 g/mol. The maximum atomic E-state index is 15.3. The van der Waals surface area contributed by atoms with E-state index in [-0.39, 0.29) is 16.9 Å². The lowest BCUT2D eigenvalue weighted by atomic mass is 9.70. The van der Waals surface area contributed by atoms with Crippen molar-refractivity contribution in [2.75, 3.05) is 0 Å². The molecule has 0 N–H and O–H groups in total. The van der Waals surface area contributed by atoms with E-state index in [1.54, 1.807) is 37.3 Å². The Morgan fingerprint density at radius 1 is 0.744 bits per heavy atom. The van der Waals surface area contributed by atoms with E-state index in [0.717, 1.165) is 53.7 Å². The molecule has 2 aliphatic carbocycles. The molecular weight excluding hydrogens is 489 g/mol. The molecular formula is C36H39F3. The Morgan fingerprint density at radius 3 is 2.10 bits per heavy atom. The van der Waals surface area contributed by atoms with Gasteiger partial charge in [0.2, 0.25) is 0 Å². The molecule has 1 atom stereocenters. The zero-order chi connectivity index (χ0) is 27.4. The highest BCUT2D eigenvalue weighted by atomic mass is 19.2. The first-order valence-electron chi connectivity index (χ1n) is 14.6. The molecule has 1 saturated carbocycles. The first kappa shape index (κ1) is 27.5. The number of halogens is 3.